The molecule has 0 aromatic carbocycles. The van der Waals surface area contributed by atoms with Crippen LogP contribution in [0.15, 0.2) is 12.1 Å². The summed E-state index contributed by atoms with van der Waals surface area (Å²) in [5, 5.41) is 3.38. The van der Waals surface area contributed by atoms with Crippen LogP contribution in [0.3, 0.4) is 0 Å². The normalized spacial score (nSPS) is 21.3. The smallest absolute Gasteiger partial charge is 0.213 e. The molecule has 1 N–H and O–H groups in total. The first-order valence-corrected chi connectivity index (χ1v) is 6.08. The zero-order valence-corrected chi connectivity index (χ0v) is 10.3. The molecule has 1 unspecified atom stereocenters. The maximum atomic E-state index is 5.75. The van der Waals surface area contributed by atoms with Gasteiger partial charge in [0, 0.05) is 25.1 Å². The molecule has 0 radical (unpaired) electrons. The van der Waals surface area contributed by atoms with Crippen molar-refractivity contribution in [3.8, 4) is 5.88 Å². The van der Waals surface area contributed by atoms with Gasteiger partial charge in [-0.2, -0.15) is 0 Å². The fourth-order valence-corrected chi connectivity index (χ4v) is 1.94. The van der Waals surface area contributed by atoms with Gasteiger partial charge in [-0.1, -0.05) is 19.9 Å². The predicted molar refractivity (Wildman–Crippen MR) is 64.7 cm³/mol. The van der Waals surface area contributed by atoms with Crippen LogP contribution in [-0.2, 0) is 6.54 Å². The molecule has 1 aliphatic rings. The van der Waals surface area contributed by atoms with Gasteiger partial charge in [0.1, 0.15) is 0 Å². The molecule has 0 bridgehead atoms. The molecule has 1 aromatic heterocycles. The molecule has 2 heterocycles. The van der Waals surface area contributed by atoms with E-state index < -0.39 is 0 Å². The molecule has 16 heavy (non-hydrogen) atoms. The Morgan fingerprint density at radius 1 is 1.56 bits per heavy atom. The topological polar surface area (TPSA) is 34.1 Å². The van der Waals surface area contributed by atoms with Gasteiger partial charge in [-0.05, 0) is 18.9 Å². The number of fused-ring (bicyclic) bond motifs is 1. The second-order valence-electron chi connectivity index (χ2n) is 4.56. The zero-order valence-electron chi connectivity index (χ0n) is 10.3. The van der Waals surface area contributed by atoms with E-state index in [0.29, 0.717) is 5.92 Å². The lowest BCUT2D eigenvalue weighted by Gasteiger charge is -2.23. The third kappa shape index (κ3) is 2.35. The Balaban J connectivity index is 2.20. The van der Waals surface area contributed by atoms with Crippen molar-refractivity contribution in [3.05, 3.63) is 23.4 Å². The van der Waals surface area contributed by atoms with Crippen molar-refractivity contribution in [2.75, 3.05) is 6.54 Å². The third-order valence-corrected chi connectivity index (χ3v) is 3.12. The molecular formula is C13H20N2O. The summed E-state index contributed by atoms with van der Waals surface area (Å²) in [5.74, 6) is 1.24. The number of nitrogens with one attached hydrogen (secondary N) is 1. The van der Waals surface area contributed by atoms with Crippen LogP contribution in [0.25, 0.3) is 0 Å². The van der Waals surface area contributed by atoms with Gasteiger partial charge in [0.25, 0.3) is 0 Å². The van der Waals surface area contributed by atoms with Gasteiger partial charge in [0.2, 0.25) is 5.88 Å². The molecule has 0 spiro atoms. The SMILES string of the molecule is CC[C@H](C)Oc1ccc2c(n1)C(C)CNC2. The average Bonchev–Trinajstić information content (AvgIpc) is 2.30. The fourth-order valence-electron chi connectivity index (χ4n) is 1.94. The first-order chi connectivity index (χ1) is 7.70. The summed E-state index contributed by atoms with van der Waals surface area (Å²) in [6, 6.07) is 4.10. The van der Waals surface area contributed by atoms with Crippen LogP contribution in [0, 0.1) is 0 Å². The van der Waals surface area contributed by atoms with Crippen LogP contribution >= 0.6 is 0 Å². The minimum Gasteiger partial charge on any atom is -0.475 e. The zero-order chi connectivity index (χ0) is 11.5. The van der Waals surface area contributed by atoms with Crippen molar-refractivity contribution in [1.29, 1.82) is 0 Å². The predicted octanol–water partition coefficient (Wildman–Crippen LogP) is 2.47. The molecule has 0 saturated heterocycles. The highest BCUT2D eigenvalue weighted by Crippen LogP contribution is 2.24. The molecule has 2 rings (SSSR count). The summed E-state index contributed by atoms with van der Waals surface area (Å²) in [7, 11) is 0. The van der Waals surface area contributed by atoms with Crippen LogP contribution in [0.1, 0.15) is 44.4 Å². The Labute approximate surface area is 97.2 Å². The Hall–Kier alpha value is -1.09. The van der Waals surface area contributed by atoms with Crippen molar-refractivity contribution in [1.82, 2.24) is 10.3 Å². The lowest BCUT2D eigenvalue weighted by Crippen LogP contribution is -2.27. The minimum absolute atomic E-state index is 0.238. The molecule has 1 aliphatic heterocycles. The molecular weight excluding hydrogens is 200 g/mol. The van der Waals surface area contributed by atoms with Crippen molar-refractivity contribution < 1.29 is 4.74 Å². The van der Waals surface area contributed by atoms with E-state index in [1.807, 2.05) is 6.07 Å². The summed E-state index contributed by atoms with van der Waals surface area (Å²) in [4.78, 5) is 4.62. The van der Waals surface area contributed by atoms with Crippen molar-refractivity contribution in [2.24, 2.45) is 0 Å². The van der Waals surface area contributed by atoms with E-state index in [4.69, 9.17) is 4.74 Å². The van der Waals surface area contributed by atoms with Crippen LogP contribution < -0.4 is 10.1 Å². The van der Waals surface area contributed by atoms with E-state index in [9.17, 15) is 0 Å². The van der Waals surface area contributed by atoms with Crippen molar-refractivity contribution >= 4 is 0 Å². The summed E-state index contributed by atoms with van der Waals surface area (Å²) in [6.45, 7) is 8.33. The Morgan fingerprint density at radius 2 is 2.38 bits per heavy atom. The third-order valence-electron chi connectivity index (χ3n) is 3.12. The average molecular weight is 220 g/mol. The van der Waals surface area contributed by atoms with E-state index in [2.05, 4.69) is 37.1 Å². The summed E-state index contributed by atoms with van der Waals surface area (Å²) in [5.41, 5.74) is 2.50. The number of rotatable bonds is 3. The number of nitrogens with zero attached hydrogens (tertiary/aromatic N) is 1. The highest BCUT2D eigenvalue weighted by molar-refractivity contribution is 5.30. The molecule has 0 aliphatic carbocycles. The van der Waals surface area contributed by atoms with Gasteiger partial charge in [-0.15, -0.1) is 0 Å². The van der Waals surface area contributed by atoms with E-state index in [0.717, 1.165) is 25.4 Å². The van der Waals surface area contributed by atoms with Gasteiger partial charge >= 0.3 is 0 Å². The van der Waals surface area contributed by atoms with Gasteiger partial charge in [0.05, 0.1) is 11.8 Å². The first-order valence-electron chi connectivity index (χ1n) is 6.08. The number of ether oxygens (including phenoxy) is 1. The molecule has 3 nitrogen and oxygen atoms in total. The highest BCUT2D eigenvalue weighted by Gasteiger charge is 2.18. The number of aromatic nitrogens is 1. The molecule has 0 saturated carbocycles. The molecule has 3 heteroatoms. The van der Waals surface area contributed by atoms with E-state index in [-0.39, 0.29) is 6.10 Å². The maximum absolute atomic E-state index is 5.75. The lowest BCUT2D eigenvalue weighted by molar-refractivity contribution is 0.207. The second-order valence-corrected chi connectivity index (χ2v) is 4.56. The Morgan fingerprint density at radius 3 is 3.12 bits per heavy atom. The second kappa shape index (κ2) is 4.83. The summed E-state index contributed by atoms with van der Waals surface area (Å²) >= 11 is 0. The van der Waals surface area contributed by atoms with Crippen LogP contribution in [-0.4, -0.2) is 17.6 Å². The van der Waals surface area contributed by atoms with Gasteiger partial charge in [-0.3, -0.25) is 0 Å². The van der Waals surface area contributed by atoms with Crippen LogP contribution in [0.5, 0.6) is 5.88 Å². The quantitative estimate of drug-likeness (QED) is 0.849. The van der Waals surface area contributed by atoms with Gasteiger partial charge in [0.15, 0.2) is 0 Å². The Kier molecular flexibility index (Phi) is 3.44. The molecule has 88 valence electrons. The van der Waals surface area contributed by atoms with Gasteiger partial charge < -0.3 is 10.1 Å². The van der Waals surface area contributed by atoms with E-state index in [1.54, 1.807) is 0 Å². The largest absolute Gasteiger partial charge is 0.475 e. The highest BCUT2D eigenvalue weighted by atomic mass is 16.5. The minimum atomic E-state index is 0.238. The molecule has 1 aromatic rings. The number of hydrogen-bond donors (Lipinski definition) is 1. The standard InChI is InChI=1S/C13H20N2O/c1-4-10(3)16-12-6-5-11-8-14-7-9(2)13(11)15-12/h5-6,9-10,14H,4,7-8H2,1-3H3/t9?,10-/m0/s1. The number of pyridine rings is 1. The van der Waals surface area contributed by atoms with Crippen molar-refractivity contribution in [2.45, 2.75) is 45.8 Å². The first kappa shape index (κ1) is 11.4. The van der Waals surface area contributed by atoms with Gasteiger partial charge in [-0.25, -0.2) is 4.98 Å². The number of hydrogen-bond acceptors (Lipinski definition) is 3. The van der Waals surface area contributed by atoms with Crippen molar-refractivity contribution in [3.63, 3.8) is 0 Å². The lowest BCUT2D eigenvalue weighted by atomic mass is 9.98. The molecule has 2 atom stereocenters. The summed E-state index contributed by atoms with van der Waals surface area (Å²) in [6.07, 6.45) is 1.25. The monoisotopic (exact) mass is 220 g/mol. The Bertz CT molecular complexity index is 365. The fraction of sp³-hybridized carbons (Fsp3) is 0.615. The molecule has 0 fully saturated rings. The van der Waals surface area contributed by atoms with E-state index in [1.165, 1.54) is 11.3 Å². The van der Waals surface area contributed by atoms with Crippen LogP contribution in [0.4, 0.5) is 0 Å². The molecule has 0 amide bonds. The van der Waals surface area contributed by atoms with E-state index >= 15 is 0 Å². The maximum Gasteiger partial charge on any atom is 0.213 e. The van der Waals surface area contributed by atoms with Crippen LogP contribution in [0.2, 0.25) is 0 Å². The summed E-state index contributed by atoms with van der Waals surface area (Å²) < 4.78 is 5.75.